The Morgan fingerprint density at radius 3 is 2.35 bits per heavy atom. The van der Waals surface area contributed by atoms with Crippen LogP contribution in [0.15, 0.2) is 29.2 Å². The first kappa shape index (κ1) is 22.7. The van der Waals surface area contributed by atoms with E-state index in [4.69, 9.17) is 4.74 Å². The van der Waals surface area contributed by atoms with Crippen LogP contribution < -0.4 is 15.4 Å². The lowest BCUT2D eigenvalue weighted by Gasteiger charge is -2.30. The van der Waals surface area contributed by atoms with Crippen LogP contribution in [0.2, 0.25) is 0 Å². The quantitative estimate of drug-likeness (QED) is 0.635. The van der Waals surface area contributed by atoms with Crippen molar-refractivity contribution in [3.63, 3.8) is 0 Å². The molecule has 9 heteroatoms. The number of benzene rings is 1. The van der Waals surface area contributed by atoms with E-state index >= 15 is 0 Å². The molecule has 0 aliphatic carbocycles. The van der Waals surface area contributed by atoms with Gasteiger partial charge in [-0.1, -0.05) is 0 Å². The first-order valence-corrected chi connectivity index (χ1v) is 9.99. The molecule has 26 heavy (non-hydrogen) atoms. The van der Waals surface area contributed by atoms with Crippen molar-refractivity contribution in [2.45, 2.75) is 24.2 Å². The Kier molecular flexibility index (Phi) is 9.35. The average Bonchev–Trinajstić information content (AvgIpc) is 2.65. The molecule has 0 aromatic heterocycles. The lowest BCUT2D eigenvalue weighted by molar-refractivity contribution is -0.126. The second-order valence-corrected chi connectivity index (χ2v) is 8.04. The van der Waals surface area contributed by atoms with Crippen LogP contribution in [0.1, 0.15) is 19.3 Å². The van der Waals surface area contributed by atoms with Gasteiger partial charge in [0.05, 0.1) is 12.0 Å². The summed E-state index contributed by atoms with van der Waals surface area (Å²) in [6, 6.07) is 6.37. The molecule has 1 aliphatic rings. The molecule has 148 valence electrons. The number of piperidine rings is 1. The third kappa shape index (κ3) is 5.84. The molecule has 1 aromatic carbocycles. The van der Waals surface area contributed by atoms with E-state index in [-0.39, 0.29) is 29.1 Å². The van der Waals surface area contributed by atoms with Crippen molar-refractivity contribution in [2.24, 2.45) is 5.92 Å². The first-order chi connectivity index (χ1) is 12.0. The molecule has 0 spiro atoms. The second-order valence-electron chi connectivity index (χ2n) is 6.10. The van der Waals surface area contributed by atoms with E-state index in [1.54, 1.807) is 24.3 Å². The predicted molar refractivity (Wildman–Crippen MR) is 103 cm³/mol. The first-order valence-electron chi connectivity index (χ1n) is 8.55. The van der Waals surface area contributed by atoms with Crippen molar-refractivity contribution in [1.29, 1.82) is 0 Å². The van der Waals surface area contributed by atoms with E-state index in [1.165, 1.54) is 11.4 Å². The minimum Gasteiger partial charge on any atom is -0.497 e. The summed E-state index contributed by atoms with van der Waals surface area (Å²) in [5.41, 5.74) is 0. The topological polar surface area (TPSA) is 87.7 Å². The van der Waals surface area contributed by atoms with Gasteiger partial charge in [-0.15, -0.1) is 12.4 Å². The van der Waals surface area contributed by atoms with E-state index in [0.717, 1.165) is 13.0 Å². The van der Waals surface area contributed by atoms with Gasteiger partial charge in [0.2, 0.25) is 15.9 Å². The minimum atomic E-state index is -3.52. The molecule has 1 heterocycles. The number of rotatable bonds is 8. The summed E-state index contributed by atoms with van der Waals surface area (Å²) in [6.45, 7) is 2.23. The molecular weight excluding hydrogens is 378 g/mol. The smallest absolute Gasteiger partial charge is 0.243 e. The molecule has 2 rings (SSSR count). The molecule has 2 N–H and O–H groups in total. The summed E-state index contributed by atoms with van der Waals surface area (Å²) >= 11 is 0. The summed E-state index contributed by atoms with van der Waals surface area (Å²) in [4.78, 5) is 12.4. The van der Waals surface area contributed by atoms with Crippen molar-refractivity contribution in [1.82, 2.24) is 14.9 Å². The Hall–Kier alpha value is -1.35. The number of halogens is 1. The molecule has 1 aliphatic heterocycles. The van der Waals surface area contributed by atoms with Crippen molar-refractivity contribution in [3.8, 4) is 5.75 Å². The Balaban J connectivity index is 0.00000338. The predicted octanol–water partition coefficient (Wildman–Crippen LogP) is 1.24. The number of hydrogen-bond donors (Lipinski definition) is 2. The van der Waals surface area contributed by atoms with Gasteiger partial charge in [-0.05, 0) is 57.1 Å². The van der Waals surface area contributed by atoms with Gasteiger partial charge in [0.15, 0.2) is 0 Å². The normalized spacial score (nSPS) is 15.9. The molecule has 0 unspecified atom stereocenters. The highest BCUT2D eigenvalue weighted by molar-refractivity contribution is 7.89. The van der Waals surface area contributed by atoms with Crippen LogP contribution >= 0.6 is 12.4 Å². The van der Waals surface area contributed by atoms with Gasteiger partial charge in [-0.3, -0.25) is 4.79 Å². The third-order valence-corrected chi connectivity index (χ3v) is 6.34. The molecule has 1 fully saturated rings. The Morgan fingerprint density at radius 1 is 1.19 bits per heavy atom. The number of ether oxygens (including phenoxy) is 1. The fraction of sp³-hybridized carbons (Fsp3) is 0.588. The third-order valence-electron chi connectivity index (χ3n) is 4.42. The molecule has 0 bridgehead atoms. The highest BCUT2D eigenvalue weighted by atomic mass is 35.5. The van der Waals surface area contributed by atoms with Gasteiger partial charge < -0.3 is 15.4 Å². The molecule has 0 radical (unpaired) electrons. The monoisotopic (exact) mass is 405 g/mol. The van der Waals surface area contributed by atoms with E-state index in [1.807, 2.05) is 7.05 Å². The van der Waals surface area contributed by atoms with Crippen LogP contribution in [-0.4, -0.2) is 59.0 Å². The lowest BCUT2D eigenvalue weighted by atomic mass is 9.97. The molecule has 7 nitrogen and oxygen atoms in total. The number of methoxy groups -OCH3 is 1. The minimum absolute atomic E-state index is 0. The zero-order chi connectivity index (χ0) is 18.3. The Labute approximate surface area is 161 Å². The van der Waals surface area contributed by atoms with Crippen LogP contribution in [-0.2, 0) is 14.8 Å². The maximum atomic E-state index is 12.7. The maximum absolute atomic E-state index is 12.7. The van der Waals surface area contributed by atoms with Gasteiger partial charge in [0.25, 0.3) is 0 Å². The summed E-state index contributed by atoms with van der Waals surface area (Å²) in [7, 11) is -0.107. The largest absolute Gasteiger partial charge is 0.497 e. The van der Waals surface area contributed by atoms with Crippen molar-refractivity contribution in [2.75, 3.05) is 40.3 Å². The summed E-state index contributed by atoms with van der Waals surface area (Å²) in [5.74, 6) is 0.530. The number of nitrogens with one attached hydrogen (secondary N) is 2. The molecule has 1 aromatic rings. The summed E-state index contributed by atoms with van der Waals surface area (Å²) in [6.07, 6.45) is 1.98. The lowest BCUT2D eigenvalue weighted by Crippen LogP contribution is -2.43. The zero-order valence-electron chi connectivity index (χ0n) is 15.2. The Morgan fingerprint density at radius 2 is 1.81 bits per heavy atom. The van der Waals surface area contributed by atoms with Gasteiger partial charge >= 0.3 is 0 Å². The Bertz CT molecular complexity index is 659. The van der Waals surface area contributed by atoms with Gasteiger partial charge in [0.1, 0.15) is 5.75 Å². The van der Waals surface area contributed by atoms with Crippen molar-refractivity contribution < 1.29 is 17.9 Å². The van der Waals surface area contributed by atoms with Crippen molar-refractivity contribution >= 4 is 28.3 Å². The van der Waals surface area contributed by atoms with Gasteiger partial charge in [0, 0.05) is 25.6 Å². The van der Waals surface area contributed by atoms with Gasteiger partial charge in [-0.2, -0.15) is 4.31 Å². The molecular formula is C17H28ClN3O4S. The van der Waals surface area contributed by atoms with E-state index < -0.39 is 10.0 Å². The highest BCUT2D eigenvalue weighted by Crippen LogP contribution is 2.25. The zero-order valence-corrected chi connectivity index (χ0v) is 16.9. The fourth-order valence-electron chi connectivity index (χ4n) is 2.88. The van der Waals surface area contributed by atoms with Crippen LogP contribution in [0.3, 0.4) is 0 Å². The van der Waals surface area contributed by atoms with E-state index in [2.05, 4.69) is 10.6 Å². The number of amides is 1. The maximum Gasteiger partial charge on any atom is 0.243 e. The number of sulfonamides is 1. The van der Waals surface area contributed by atoms with Crippen LogP contribution in [0, 0.1) is 5.92 Å². The van der Waals surface area contributed by atoms with Gasteiger partial charge in [-0.25, -0.2) is 8.42 Å². The number of carbonyl (C=O) groups is 1. The van der Waals surface area contributed by atoms with Crippen molar-refractivity contribution in [3.05, 3.63) is 24.3 Å². The average molecular weight is 406 g/mol. The summed E-state index contributed by atoms with van der Waals surface area (Å²) in [5, 5.41) is 5.96. The summed E-state index contributed by atoms with van der Waals surface area (Å²) < 4.78 is 31.9. The standard InChI is InChI=1S/C17H27N3O4S.ClH/c1-18-10-3-11-19-17(21)14-8-12-20(13-9-14)25(22,23)16-6-4-15(24-2)5-7-16;/h4-7,14,18H,3,8-13H2,1-2H3,(H,19,21);1H. The molecule has 1 amide bonds. The number of hydrogen-bond acceptors (Lipinski definition) is 5. The number of carbonyl (C=O) groups excluding carboxylic acids is 1. The van der Waals surface area contributed by atoms with Crippen LogP contribution in [0.4, 0.5) is 0 Å². The molecule has 1 saturated heterocycles. The fourth-order valence-corrected chi connectivity index (χ4v) is 4.35. The number of nitrogens with zero attached hydrogens (tertiary/aromatic N) is 1. The SMILES string of the molecule is CNCCCNC(=O)C1CCN(S(=O)(=O)c2ccc(OC)cc2)CC1.Cl. The highest BCUT2D eigenvalue weighted by Gasteiger charge is 2.31. The van der Waals surface area contributed by atoms with E-state index in [0.29, 0.717) is 38.2 Å². The van der Waals surface area contributed by atoms with Crippen LogP contribution in [0.25, 0.3) is 0 Å². The second kappa shape index (κ2) is 10.7. The van der Waals surface area contributed by atoms with Crippen LogP contribution in [0.5, 0.6) is 5.75 Å². The molecule has 0 saturated carbocycles. The molecule has 0 atom stereocenters. The van der Waals surface area contributed by atoms with E-state index in [9.17, 15) is 13.2 Å².